The summed E-state index contributed by atoms with van der Waals surface area (Å²) in [6.07, 6.45) is 0.233. The first-order valence-electron chi connectivity index (χ1n) is 7.58. The van der Waals surface area contributed by atoms with Crippen molar-refractivity contribution in [1.82, 2.24) is 5.32 Å². The topological polar surface area (TPSA) is 49.4 Å². The van der Waals surface area contributed by atoms with E-state index in [4.69, 9.17) is 11.6 Å². The van der Waals surface area contributed by atoms with Crippen LogP contribution < -0.4 is 10.2 Å². The maximum Gasteiger partial charge on any atom is 0.229 e. The SMILES string of the molecule is CC(=O)N[C@H](CC(=O)N1CCSc2ccc(Cl)cc21)c1cccs1. The van der Waals surface area contributed by atoms with Gasteiger partial charge < -0.3 is 10.2 Å². The van der Waals surface area contributed by atoms with Crippen LogP contribution in [0.25, 0.3) is 0 Å². The van der Waals surface area contributed by atoms with Crippen LogP contribution in [-0.2, 0) is 9.59 Å². The number of amides is 2. The lowest BCUT2D eigenvalue weighted by Crippen LogP contribution is -2.38. The van der Waals surface area contributed by atoms with E-state index in [0.717, 1.165) is 21.2 Å². The van der Waals surface area contributed by atoms with Gasteiger partial charge in [0.1, 0.15) is 0 Å². The number of nitrogens with one attached hydrogen (secondary N) is 1. The number of benzene rings is 1. The van der Waals surface area contributed by atoms with Gasteiger partial charge in [-0.05, 0) is 29.6 Å². The molecule has 1 aromatic carbocycles. The molecule has 2 aromatic rings. The van der Waals surface area contributed by atoms with Gasteiger partial charge in [-0.1, -0.05) is 17.7 Å². The Morgan fingerprint density at radius 3 is 2.92 bits per heavy atom. The van der Waals surface area contributed by atoms with Gasteiger partial charge in [0.15, 0.2) is 0 Å². The molecule has 1 aromatic heterocycles. The second kappa shape index (κ2) is 7.59. The highest BCUT2D eigenvalue weighted by Crippen LogP contribution is 2.37. The molecule has 0 aliphatic carbocycles. The van der Waals surface area contributed by atoms with E-state index in [9.17, 15) is 9.59 Å². The van der Waals surface area contributed by atoms with Crippen molar-refractivity contribution in [2.75, 3.05) is 17.2 Å². The van der Waals surface area contributed by atoms with Crippen LogP contribution in [0.4, 0.5) is 5.69 Å². The van der Waals surface area contributed by atoms with Crippen LogP contribution >= 0.6 is 34.7 Å². The summed E-state index contributed by atoms with van der Waals surface area (Å²) < 4.78 is 0. The largest absolute Gasteiger partial charge is 0.348 e. The minimum Gasteiger partial charge on any atom is -0.348 e. The molecule has 126 valence electrons. The standard InChI is InChI=1S/C17H17ClN2O2S2/c1-11(21)19-13(15-3-2-7-23-15)10-17(22)20-6-8-24-16-5-4-12(18)9-14(16)20/h2-5,7,9,13H,6,8,10H2,1H3,(H,19,21)/t13-/m1/s1. The molecule has 0 unspecified atom stereocenters. The lowest BCUT2D eigenvalue weighted by molar-refractivity contribution is -0.121. The molecule has 1 N–H and O–H groups in total. The lowest BCUT2D eigenvalue weighted by atomic mass is 10.1. The molecule has 3 rings (SSSR count). The molecule has 1 aliphatic rings. The lowest BCUT2D eigenvalue weighted by Gasteiger charge is -2.30. The third kappa shape index (κ3) is 3.94. The molecule has 4 nitrogen and oxygen atoms in total. The number of thioether (sulfide) groups is 1. The summed E-state index contributed by atoms with van der Waals surface area (Å²) in [5.41, 5.74) is 0.858. The summed E-state index contributed by atoms with van der Waals surface area (Å²) in [5, 5.41) is 5.44. The van der Waals surface area contributed by atoms with E-state index in [1.165, 1.54) is 18.3 Å². The fourth-order valence-electron chi connectivity index (χ4n) is 2.69. The van der Waals surface area contributed by atoms with Crippen molar-refractivity contribution in [3.05, 3.63) is 45.6 Å². The minimum atomic E-state index is -0.299. The zero-order valence-electron chi connectivity index (χ0n) is 13.1. The number of fused-ring (bicyclic) bond motifs is 1. The van der Waals surface area contributed by atoms with Crippen molar-refractivity contribution >= 4 is 52.2 Å². The van der Waals surface area contributed by atoms with E-state index in [1.807, 2.05) is 35.7 Å². The van der Waals surface area contributed by atoms with E-state index in [1.54, 1.807) is 16.7 Å². The fraction of sp³-hybridized carbons (Fsp3) is 0.294. The van der Waals surface area contributed by atoms with E-state index in [2.05, 4.69) is 5.32 Å². The van der Waals surface area contributed by atoms with Crippen LogP contribution in [-0.4, -0.2) is 24.1 Å². The minimum absolute atomic E-state index is 0.00836. The van der Waals surface area contributed by atoms with Crippen LogP contribution in [0.5, 0.6) is 0 Å². The molecule has 7 heteroatoms. The van der Waals surface area contributed by atoms with Crippen molar-refractivity contribution in [3.63, 3.8) is 0 Å². The Morgan fingerprint density at radius 1 is 1.38 bits per heavy atom. The zero-order chi connectivity index (χ0) is 17.1. The average molecular weight is 381 g/mol. The van der Waals surface area contributed by atoms with Gasteiger partial charge in [0.2, 0.25) is 11.8 Å². The van der Waals surface area contributed by atoms with Gasteiger partial charge in [0.05, 0.1) is 18.2 Å². The highest BCUT2D eigenvalue weighted by molar-refractivity contribution is 7.99. The monoisotopic (exact) mass is 380 g/mol. The summed E-state index contributed by atoms with van der Waals surface area (Å²) in [4.78, 5) is 28.2. The van der Waals surface area contributed by atoms with Crippen LogP contribution in [0, 0.1) is 0 Å². The molecule has 0 spiro atoms. The van der Waals surface area contributed by atoms with Gasteiger partial charge in [0.25, 0.3) is 0 Å². The molecule has 1 atom stereocenters. The van der Waals surface area contributed by atoms with Crippen LogP contribution in [0.2, 0.25) is 5.02 Å². The maximum absolute atomic E-state index is 12.9. The Balaban J connectivity index is 1.81. The normalized spacial score (nSPS) is 14.8. The molecule has 0 bridgehead atoms. The number of halogens is 1. The molecule has 0 fully saturated rings. The number of anilines is 1. The summed E-state index contributed by atoms with van der Waals surface area (Å²) in [6.45, 7) is 2.12. The number of carbonyl (C=O) groups excluding carboxylic acids is 2. The zero-order valence-corrected chi connectivity index (χ0v) is 15.5. The van der Waals surface area contributed by atoms with E-state index >= 15 is 0 Å². The Bertz CT molecular complexity index is 749. The third-order valence-corrected chi connectivity index (χ3v) is 5.99. The average Bonchev–Trinajstić information content (AvgIpc) is 3.07. The quantitative estimate of drug-likeness (QED) is 0.868. The summed E-state index contributed by atoms with van der Waals surface area (Å²) in [7, 11) is 0. The van der Waals surface area contributed by atoms with Crippen molar-refractivity contribution in [3.8, 4) is 0 Å². The molecule has 24 heavy (non-hydrogen) atoms. The van der Waals surface area contributed by atoms with Crippen molar-refractivity contribution in [1.29, 1.82) is 0 Å². The van der Waals surface area contributed by atoms with Crippen molar-refractivity contribution in [2.24, 2.45) is 0 Å². The fourth-order valence-corrected chi connectivity index (χ4v) is 4.61. The molecule has 1 aliphatic heterocycles. The van der Waals surface area contributed by atoms with Crippen molar-refractivity contribution < 1.29 is 9.59 Å². The molecule has 0 radical (unpaired) electrons. The number of carbonyl (C=O) groups is 2. The van der Waals surface area contributed by atoms with Gasteiger partial charge in [-0.2, -0.15) is 0 Å². The number of hydrogen-bond acceptors (Lipinski definition) is 4. The van der Waals surface area contributed by atoms with Gasteiger partial charge in [-0.15, -0.1) is 23.1 Å². The molecule has 2 amide bonds. The molecular formula is C17H17ClN2O2S2. The first-order chi connectivity index (χ1) is 11.5. The molecule has 0 saturated heterocycles. The Kier molecular flexibility index (Phi) is 5.48. The third-order valence-electron chi connectivity index (χ3n) is 3.73. The highest BCUT2D eigenvalue weighted by Gasteiger charge is 2.26. The smallest absolute Gasteiger partial charge is 0.229 e. The molecule has 0 saturated carbocycles. The Morgan fingerprint density at radius 2 is 2.21 bits per heavy atom. The van der Waals surface area contributed by atoms with Crippen molar-refractivity contribution in [2.45, 2.75) is 24.3 Å². The number of thiophene rings is 1. The molecular weight excluding hydrogens is 364 g/mol. The van der Waals surface area contributed by atoms with Crippen LogP contribution in [0.15, 0.2) is 40.6 Å². The van der Waals surface area contributed by atoms with E-state index in [-0.39, 0.29) is 24.3 Å². The first kappa shape index (κ1) is 17.3. The second-order valence-corrected chi connectivity index (χ2v) is 8.03. The number of rotatable bonds is 4. The highest BCUT2D eigenvalue weighted by atomic mass is 35.5. The maximum atomic E-state index is 12.9. The number of nitrogens with zero attached hydrogens (tertiary/aromatic N) is 1. The Labute approximate surface area is 154 Å². The number of hydrogen-bond donors (Lipinski definition) is 1. The van der Waals surface area contributed by atoms with Gasteiger partial charge >= 0.3 is 0 Å². The summed E-state index contributed by atoms with van der Waals surface area (Å²) in [6, 6.07) is 9.19. The predicted molar refractivity (Wildman–Crippen MR) is 100 cm³/mol. The first-order valence-corrected chi connectivity index (χ1v) is 9.82. The Hall–Kier alpha value is -1.50. The van der Waals surface area contributed by atoms with Gasteiger partial charge in [0, 0.05) is 34.0 Å². The van der Waals surface area contributed by atoms with Crippen LogP contribution in [0.1, 0.15) is 24.3 Å². The van der Waals surface area contributed by atoms with Crippen LogP contribution in [0.3, 0.4) is 0 Å². The van der Waals surface area contributed by atoms with E-state index in [0.29, 0.717) is 11.6 Å². The van der Waals surface area contributed by atoms with Gasteiger partial charge in [-0.25, -0.2) is 0 Å². The van der Waals surface area contributed by atoms with E-state index < -0.39 is 0 Å². The summed E-state index contributed by atoms with van der Waals surface area (Å²) >= 11 is 9.36. The second-order valence-electron chi connectivity index (χ2n) is 5.48. The van der Waals surface area contributed by atoms with Gasteiger partial charge in [-0.3, -0.25) is 9.59 Å². The molecule has 2 heterocycles. The summed E-state index contributed by atoms with van der Waals surface area (Å²) in [5.74, 6) is 0.703. The predicted octanol–water partition coefficient (Wildman–Crippen LogP) is 4.11.